The van der Waals surface area contributed by atoms with Gasteiger partial charge in [0.05, 0.1) is 24.7 Å². The predicted molar refractivity (Wildman–Crippen MR) is 56.4 cm³/mol. The van der Waals surface area contributed by atoms with Gasteiger partial charge in [0.25, 0.3) is 0 Å². The summed E-state index contributed by atoms with van der Waals surface area (Å²) in [6.45, 7) is 2.60. The Labute approximate surface area is 87.7 Å². The highest BCUT2D eigenvalue weighted by Gasteiger charge is 1.99. The molecule has 1 heterocycles. The molecule has 0 aliphatic carbocycles. The first kappa shape index (κ1) is 9.58. The zero-order valence-electron chi connectivity index (χ0n) is 8.42. The van der Waals surface area contributed by atoms with Crippen molar-refractivity contribution in [3.63, 3.8) is 0 Å². The minimum atomic E-state index is 0.156. The molecule has 0 amide bonds. The van der Waals surface area contributed by atoms with E-state index < -0.39 is 0 Å². The Morgan fingerprint density at radius 2 is 2.07 bits per heavy atom. The van der Waals surface area contributed by atoms with E-state index in [0.717, 1.165) is 11.4 Å². The smallest absolute Gasteiger partial charge is 0.153 e. The highest BCUT2D eigenvalue weighted by molar-refractivity contribution is 5.37. The van der Waals surface area contributed by atoms with Crippen LogP contribution in [0, 0.1) is 0 Å². The fourth-order valence-corrected chi connectivity index (χ4v) is 1.32. The van der Waals surface area contributed by atoms with Crippen LogP contribution in [0.4, 0.5) is 0 Å². The van der Waals surface area contributed by atoms with Gasteiger partial charge in [-0.15, -0.1) is 0 Å². The van der Waals surface area contributed by atoms with Gasteiger partial charge in [-0.2, -0.15) is 5.10 Å². The molecule has 2 rings (SSSR count). The number of ether oxygens (including phenoxy) is 1. The van der Waals surface area contributed by atoms with Gasteiger partial charge in [0.2, 0.25) is 0 Å². The van der Waals surface area contributed by atoms with E-state index >= 15 is 0 Å². The molecule has 2 aromatic rings. The molecule has 1 aromatic carbocycles. The van der Waals surface area contributed by atoms with Crippen LogP contribution in [0.5, 0.6) is 11.5 Å². The van der Waals surface area contributed by atoms with Crippen molar-refractivity contribution >= 4 is 0 Å². The van der Waals surface area contributed by atoms with Gasteiger partial charge in [-0.1, -0.05) is 0 Å². The summed E-state index contributed by atoms with van der Waals surface area (Å²) in [4.78, 5) is 0. The summed E-state index contributed by atoms with van der Waals surface area (Å²) in [6.07, 6.45) is 2.95. The second-order valence-electron chi connectivity index (χ2n) is 3.07. The second kappa shape index (κ2) is 4.04. The van der Waals surface area contributed by atoms with E-state index in [1.165, 1.54) is 6.20 Å². The van der Waals surface area contributed by atoms with Crippen molar-refractivity contribution in [3.05, 3.63) is 36.7 Å². The van der Waals surface area contributed by atoms with Crippen LogP contribution in [0.2, 0.25) is 0 Å². The molecule has 0 spiro atoms. The molecule has 0 radical (unpaired) electrons. The van der Waals surface area contributed by atoms with Crippen LogP contribution in [0.15, 0.2) is 36.7 Å². The molecule has 4 nitrogen and oxygen atoms in total. The Morgan fingerprint density at radius 3 is 2.60 bits per heavy atom. The van der Waals surface area contributed by atoms with Crippen molar-refractivity contribution in [1.82, 2.24) is 9.78 Å². The fraction of sp³-hybridized carbons (Fsp3) is 0.182. The van der Waals surface area contributed by atoms with Gasteiger partial charge in [0, 0.05) is 0 Å². The maximum atomic E-state index is 9.15. The van der Waals surface area contributed by atoms with E-state index in [1.54, 1.807) is 10.9 Å². The van der Waals surface area contributed by atoms with Crippen LogP contribution in [-0.4, -0.2) is 21.5 Å². The third kappa shape index (κ3) is 2.10. The standard InChI is InChI=1S/C11H12N2O2/c1-2-15-11-5-3-9(4-6-11)13-8-10(14)7-12-13/h3-8,14H,2H2,1H3. The van der Waals surface area contributed by atoms with E-state index in [-0.39, 0.29) is 5.75 Å². The average molecular weight is 204 g/mol. The summed E-state index contributed by atoms with van der Waals surface area (Å²) in [5, 5.41) is 13.1. The lowest BCUT2D eigenvalue weighted by atomic mass is 10.3. The molecule has 0 saturated carbocycles. The number of benzene rings is 1. The Kier molecular flexibility index (Phi) is 2.58. The van der Waals surface area contributed by atoms with Crippen molar-refractivity contribution < 1.29 is 9.84 Å². The van der Waals surface area contributed by atoms with E-state index in [9.17, 15) is 0 Å². The predicted octanol–water partition coefficient (Wildman–Crippen LogP) is 1.98. The van der Waals surface area contributed by atoms with Crippen LogP contribution in [-0.2, 0) is 0 Å². The highest BCUT2D eigenvalue weighted by Crippen LogP contribution is 2.16. The van der Waals surface area contributed by atoms with Gasteiger partial charge in [0.1, 0.15) is 5.75 Å². The second-order valence-corrected chi connectivity index (χ2v) is 3.07. The molecule has 15 heavy (non-hydrogen) atoms. The zero-order chi connectivity index (χ0) is 10.7. The van der Waals surface area contributed by atoms with Crippen LogP contribution >= 0.6 is 0 Å². The summed E-state index contributed by atoms with van der Waals surface area (Å²) in [6, 6.07) is 7.52. The lowest BCUT2D eigenvalue weighted by molar-refractivity contribution is 0.340. The van der Waals surface area contributed by atoms with Gasteiger partial charge in [0.15, 0.2) is 5.75 Å². The quantitative estimate of drug-likeness (QED) is 0.831. The maximum Gasteiger partial charge on any atom is 0.153 e. The number of aromatic hydroxyl groups is 1. The zero-order valence-corrected chi connectivity index (χ0v) is 8.42. The molecular weight excluding hydrogens is 192 g/mol. The van der Waals surface area contributed by atoms with Crippen molar-refractivity contribution in [2.75, 3.05) is 6.61 Å². The third-order valence-electron chi connectivity index (χ3n) is 1.98. The minimum Gasteiger partial charge on any atom is -0.505 e. The van der Waals surface area contributed by atoms with Gasteiger partial charge in [-0.05, 0) is 31.2 Å². The maximum absolute atomic E-state index is 9.15. The molecule has 0 saturated heterocycles. The molecule has 78 valence electrons. The van der Waals surface area contributed by atoms with Crippen LogP contribution < -0.4 is 4.74 Å². The van der Waals surface area contributed by atoms with Crippen molar-refractivity contribution in [3.8, 4) is 17.2 Å². The van der Waals surface area contributed by atoms with E-state index in [2.05, 4.69) is 5.10 Å². The number of hydrogen-bond acceptors (Lipinski definition) is 3. The minimum absolute atomic E-state index is 0.156. The third-order valence-corrected chi connectivity index (χ3v) is 1.98. The first-order valence-electron chi connectivity index (χ1n) is 4.76. The van der Waals surface area contributed by atoms with Crippen LogP contribution in [0.3, 0.4) is 0 Å². The van der Waals surface area contributed by atoms with E-state index in [1.807, 2.05) is 31.2 Å². The fourth-order valence-electron chi connectivity index (χ4n) is 1.32. The SMILES string of the molecule is CCOc1ccc(-n2cc(O)cn2)cc1. The molecule has 0 aliphatic rings. The molecule has 1 N–H and O–H groups in total. The Hall–Kier alpha value is -1.97. The largest absolute Gasteiger partial charge is 0.505 e. The normalized spacial score (nSPS) is 10.2. The lowest BCUT2D eigenvalue weighted by Crippen LogP contribution is -1.95. The Balaban J connectivity index is 2.23. The molecule has 4 heteroatoms. The number of hydrogen-bond donors (Lipinski definition) is 1. The molecule has 0 fully saturated rings. The van der Waals surface area contributed by atoms with E-state index in [0.29, 0.717) is 6.61 Å². The molecule has 1 aromatic heterocycles. The summed E-state index contributed by atoms with van der Waals surface area (Å²) in [5.74, 6) is 0.988. The first-order valence-corrected chi connectivity index (χ1v) is 4.76. The number of aromatic nitrogens is 2. The van der Waals surface area contributed by atoms with Gasteiger partial charge in [-0.3, -0.25) is 0 Å². The van der Waals surface area contributed by atoms with Crippen LogP contribution in [0.25, 0.3) is 5.69 Å². The van der Waals surface area contributed by atoms with Gasteiger partial charge < -0.3 is 9.84 Å². The lowest BCUT2D eigenvalue weighted by Gasteiger charge is -2.04. The van der Waals surface area contributed by atoms with Crippen molar-refractivity contribution in [1.29, 1.82) is 0 Å². The molecule has 0 atom stereocenters. The molecule has 0 aliphatic heterocycles. The van der Waals surface area contributed by atoms with Crippen molar-refractivity contribution in [2.45, 2.75) is 6.92 Å². The molecule has 0 bridgehead atoms. The summed E-state index contributed by atoms with van der Waals surface area (Å²) in [7, 11) is 0. The molecular formula is C11H12N2O2. The first-order chi connectivity index (χ1) is 7.29. The summed E-state index contributed by atoms with van der Waals surface area (Å²) < 4.78 is 6.93. The number of nitrogens with zero attached hydrogens (tertiary/aromatic N) is 2. The highest BCUT2D eigenvalue weighted by atomic mass is 16.5. The summed E-state index contributed by atoms with van der Waals surface area (Å²) >= 11 is 0. The molecule has 0 unspecified atom stereocenters. The Morgan fingerprint density at radius 1 is 1.33 bits per heavy atom. The van der Waals surface area contributed by atoms with Gasteiger partial charge in [-0.25, -0.2) is 4.68 Å². The Bertz CT molecular complexity index is 434. The van der Waals surface area contributed by atoms with Crippen molar-refractivity contribution in [2.24, 2.45) is 0 Å². The average Bonchev–Trinajstić information content (AvgIpc) is 2.67. The summed E-state index contributed by atoms with van der Waals surface area (Å²) in [5.41, 5.74) is 0.888. The number of rotatable bonds is 3. The monoisotopic (exact) mass is 204 g/mol. The van der Waals surface area contributed by atoms with Crippen LogP contribution in [0.1, 0.15) is 6.92 Å². The van der Waals surface area contributed by atoms with Gasteiger partial charge >= 0.3 is 0 Å². The topological polar surface area (TPSA) is 47.3 Å². The van der Waals surface area contributed by atoms with E-state index in [4.69, 9.17) is 9.84 Å².